The van der Waals surface area contributed by atoms with Crippen molar-refractivity contribution in [2.75, 3.05) is 0 Å². The summed E-state index contributed by atoms with van der Waals surface area (Å²) in [6.07, 6.45) is 0. The Morgan fingerprint density at radius 3 is 1.58 bits per heavy atom. The standard InChI is InChI=1S/C60H40N2/c1-6-20-41(21-7-1)44-36-56(42-22-8-2-9-23-42)61-57(37-44)53-40-55-52(48-30-16-18-32-54(48)60(55,45-24-10-3-11-25-45)46-26-12-4-13-27-46)39-51(53)43-34-35-50-49-31-17-19-33-58(49)62(59(50)38-43)47-28-14-5-15-29-47/h1-40H. The van der Waals surface area contributed by atoms with Gasteiger partial charge in [0.1, 0.15) is 0 Å². The van der Waals surface area contributed by atoms with Crippen molar-refractivity contribution in [1.82, 2.24) is 9.55 Å². The summed E-state index contributed by atoms with van der Waals surface area (Å²) >= 11 is 0. The van der Waals surface area contributed by atoms with E-state index in [9.17, 15) is 0 Å². The minimum absolute atomic E-state index is 0.565. The van der Waals surface area contributed by atoms with Gasteiger partial charge in [0.15, 0.2) is 0 Å². The molecule has 0 spiro atoms. The van der Waals surface area contributed by atoms with Crippen LogP contribution >= 0.6 is 0 Å². The second-order valence-corrected chi connectivity index (χ2v) is 16.2. The third-order valence-corrected chi connectivity index (χ3v) is 12.9. The van der Waals surface area contributed by atoms with Crippen molar-refractivity contribution in [1.29, 1.82) is 0 Å². The Hall–Kier alpha value is -8.07. The van der Waals surface area contributed by atoms with Gasteiger partial charge in [-0.05, 0) is 104 Å². The number of pyridine rings is 1. The second-order valence-electron chi connectivity index (χ2n) is 16.2. The highest BCUT2D eigenvalue weighted by atomic mass is 15.0. The van der Waals surface area contributed by atoms with Crippen LogP contribution in [0.25, 0.3) is 83.4 Å². The zero-order valence-electron chi connectivity index (χ0n) is 34.0. The Bertz CT molecular complexity index is 3330. The number of para-hydroxylation sites is 2. The van der Waals surface area contributed by atoms with E-state index in [4.69, 9.17) is 4.98 Å². The average Bonchev–Trinajstić information content (AvgIpc) is 3.85. The molecule has 0 N–H and O–H groups in total. The molecule has 2 aromatic heterocycles. The molecule has 62 heavy (non-hydrogen) atoms. The molecule has 12 rings (SSSR count). The van der Waals surface area contributed by atoms with Crippen molar-refractivity contribution in [2.24, 2.45) is 0 Å². The largest absolute Gasteiger partial charge is 0.309 e. The molecule has 0 aliphatic heterocycles. The highest BCUT2D eigenvalue weighted by molar-refractivity contribution is 6.10. The van der Waals surface area contributed by atoms with Crippen LogP contribution in [0.15, 0.2) is 243 Å². The smallest absolute Gasteiger partial charge is 0.0722 e. The minimum atomic E-state index is -0.565. The average molecular weight is 789 g/mol. The first kappa shape index (κ1) is 35.8. The molecule has 9 aromatic carbocycles. The number of hydrogen-bond donors (Lipinski definition) is 0. The van der Waals surface area contributed by atoms with Crippen molar-refractivity contribution < 1.29 is 0 Å². The van der Waals surface area contributed by atoms with Crippen LogP contribution in [0.3, 0.4) is 0 Å². The predicted octanol–water partition coefficient (Wildman–Crippen LogP) is 15.2. The first-order valence-electron chi connectivity index (χ1n) is 21.4. The van der Waals surface area contributed by atoms with Gasteiger partial charge in [0, 0.05) is 27.6 Å². The van der Waals surface area contributed by atoms with Gasteiger partial charge in [0.05, 0.1) is 27.8 Å². The minimum Gasteiger partial charge on any atom is -0.309 e. The van der Waals surface area contributed by atoms with Gasteiger partial charge in [-0.1, -0.05) is 194 Å². The maximum atomic E-state index is 5.61. The lowest BCUT2D eigenvalue weighted by molar-refractivity contribution is 0.769. The Kier molecular flexibility index (Phi) is 8.43. The van der Waals surface area contributed by atoms with Crippen LogP contribution < -0.4 is 0 Å². The van der Waals surface area contributed by atoms with E-state index in [1.807, 2.05) is 0 Å². The molecule has 1 aliphatic carbocycles. The van der Waals surface area contributed by atoms with Crippen molar-refractivity contribution >= 4 is 21.8 Å². The molecule has 0 unspecified atom stereocenters. The summed E-state index contributed by atoms with van der Waals surface area (Å²) < 4.78 is 2.41. The Morgan fingerprint density at radius 1 is 0.306 bits per heavy atom. The molecular formula is C60H40N2. The lowest BCUT2D eigenvalue weighted by atomic mass is 9.67. The number of fused-ring (bicyclic) bond motifs is 6. The van der Waals surface area contributed by atoms with Gasteiger partial charge in [0.25, 0.3) is 0 Å². The zero-order chi connectivity index (χ0) is 41.0. The van der Waals surface area contributed by atoms with E-state index in [1.165, 1.54) is 55.2 Å². The van der Waals surface area contributed by atoms with Crippen LogP contribution in [0.2, 0.25) is 0 Å². The third kappa shape index (κ3) is 5.61. The molecule has 2 heteroatoms. The van der Waals surface area contributed by atoms with E-state index in [0.29, 0.717) is 0 Å². The Balaban J connectivity index is 1.21. The summed E-state index contributed by atoms with van der Waals surface area (Å²) in [5.74, 6) is 0. The van der Waals surface area contributed by atoms with Gasteiger partial charge >= 0.3 is 0 Å². The van der Waals surface area contributed by atoms with E-state index in [1.54, 1.807) is 0 Å². The summed E-state index contributed by atoms with van der Waals surface area (Å²) in [6, 6.07) is 88.4. The molecule has 0 fully saturated rings. The Labute approximate surface area is 361 Å². The quantitative estimate of drug-likeness (QED) is 0.157. The van der Waals surface area contributed by atoms with Gasteiger partial charge in [-0.2, -0.15) is 0 Å². The summed E-state index contributed by atoms with van der Waals surface area (Å²) in [4.78, 5) is 5.61. The van der Waals surface area contributed by atoms with Crippen molar-refractivity contribution in [3.8, 4) is 61.6 Å². The molecule has 0 atom stereocenters. The van der Waals surface area contributed by atoms with Crippen LogP contribution in [-0.4, -0.2) is 9.55 Å². The predicted molar refractivity (Wildman–Crippen MR) is 258 cm³/mol. The van der Waals surface area contributed by atoms with Crippen LogP contribution in [0.5, 0.6) is 0 Å². The van der Waals surface area contributed by atoms with E-state index in [-0.39, 0.29) is 0 Å². The van der Waals surface area contributed by atoms with E-state index in [2.05, 4.69) is 247 Å². The number of nitrogens with zero attached hydrogens (tertiary/aromatic N) is 2. The molecule has 11 aromatic rings. The fourth-order valence-electron chi connectivity index (χ4n) is 10.2. The monoisotopic (exact) mass is 788 g/mol. The molecule has 0 bridgehead atoms. The van der Waals surface area contributed by atoms with E-state index in [0.717, 1.165) is 50.5 Å². The molecule has 0 radical (unpaired) electrons. The first-order valence-corrected chi connectivity index (χ1v) is 21.4. The summed E-state index contributed by atoms with van der Waals surface area (Å²) in [5.41, 5.74) is 19.0. The van der Waals surface area contributed by atoms with Crippen LogP contribution in [-0.2, 0) is 5.41 Å². The lowest BCUT2D eigenvalue weighted by Gasteiger charge is -2.34. The molecular weight excluding hydrogens is 749 g/mol. The van der Waals surface area contributed by atoms with Gasteiger partial charge < -0.3 is 4.57 Å². The summed E-state index contributed by atoms with van der Waals surface area (Å²) in [7, 11) is 0. The van der Waals surface area contributed by atoms with Gasteiger partial charge in [-0.3, -0.25) is 0 Å². The third-order valence-electron chi connectivity index (χ3n) is 12.9. The number of hydrogen-bond acceptors (Lipinski definition) is 1. The zero-order valence-corrected chi connectivity index (χ0v) is 34.0. The number of benzene rings is 9. The van der Waals surface area contributed by atoms with Gasteiger partial charge in [-0.15, -0.1) is 0 Å². The van der Waals surface area contributed by atoms with Crippen LogP contribution in [0.4, 0.5) is 0 Å². The molecule has 290 valence electrons. The molecule has 0 saturated heterocycles. The molecule has 2 nitrogen and oxygen atoms in total. The first-order chi connectivity index (χ1) is 30.8. The van der Waals surface area contributed by atoms with Crippen molar-refractivity contribution in [3.63, 3.8) is 0 Å². The lowest BCUT2D eigenvalue weighted by Crippen LogP contribution is -2.28. The van der Waals surface area contributed by atoms with Crippen molar-refractivity contribution in [3.05, 3.63) is 265 Å². The van der Waals surface area contributed by atoms with E-state index >= 15 is 0 Å². The topological polar surface area (TPSA) is 17.8 Å². The van der Waals surface area contributed by atoms with Crippen LogP contribution in [0.1, 0.15) is 22.3 Å². The number of rotatable bonds is 7. The fraction of sp³-hybridized carbons (Fsp3) is 0.0167. The maximum Gasteiger partial charge on any atom is 0.0722 e. The number of aromatic nitrogens is 2. The van der Waals surface area contributed by atoms with Gasteiger partial charge in [-0.25, -0.2) is 4.98 Å². The molecule has 0 saturated carbocycles. The van der Waals surface area contributed by atoms with Crippen LogP contribution in [0, 0.1) is 0 Å². The Morgan fingerprint density at radius 2 is 0.871 bits per heavy atom. The molecule has 1 aliphatic rings. The maximum absolute atomic E-state index is 5.61. The normalized spacial score (nSPS) is 12.6. The summed E-state index contributed by atoms with van der Waals surface area (Å²) in [5, 5.41) is 2.46. The second kappa shape index (κ2) is 14.6. The molecule has 0 amide bonds. The molecule has 2 heterocycles. The summed E-state index contributed by atoms with van der Waals surface area (Å²) in [6.45, 7) is 0. The fourth-order valence-corrected chi connectivity index (χ4v) is 10.2. The SMILES string of the molecule is c1ccc(-c2cc(-c3ccccc3)nc(-c3cc4c(cc3-c3ccc5c6ccccc6n(-c6ccccc6)c5c3)-c3ccccc3C4(c3ccccc3)c3ccccc3)c2)cc1. The van der Waals surface area contributed by atoms with E-state index < -0.39 is 5.41 Å². The van der Waals surface area contributed by atoms with Gasteiger partial charge in [0.2, 0.25) is 0 Å². The highest BCUT2D eigenvalue weighted by Crippen LogP contribution is 2.58. The highest BCUT2D eigenvalue weighted by Gasteiger charge is 2.46. The van der Waals surface area contributed by atoms with Crippen molar-refractivity contribution in [2.45, 2.75) is 5.41 Å².